The molecule has 1 aliphatic rings. The molecule has 1 aromatic heterocycles. The second-order valence-electron chi connectivity index (χ2n) is 7.30. The van der Waals surface area contributed by atoms with Crippen molar-refractivity contribution in [1.82, 2.24) is 9.55 Å². The maximum atomic E-state index is 13.1. The maximum Gasteiger partial charge on any atom is 0.416 e. The maximum absolute atomic E-state index is 13.1. The Balaban J connectivity index is 1.67. The van der Waals surface area contributed by atoms with E-state index in [1.807, 2.05) is 24.3 Å². The first-order valence-electron chi connectivity index (χ1n) is 9.86. The van der Waals surface area contributed by atoms with Crippen LogP contribution in [0, 0.1) is 0 Å². The van der Waals surface area contributed by atoms with Gasteiger partial charge in [0.05, 0.1) is 23.2 Å². The molecular formula is C22H20F3N3O3. The minimum absolute atomic E-state index is 0.0576. The zero-order valence-corrected chi connectivity index (χ0v) is 16.7. The van der Waals surface area contributed by atoms with Gasteiger partial charge in [0, 0.05) is 24.6 Å². The second-order valence-corrected chi connectivity index (χ2v) is 7.30. The molecule has 0 spiro atoms. The number of benzene rings is 2. The van der Waals surface area contributed by atoms with Gasteiger partial charge in [0.25, 0.3) is 0 Å². The van der Waals surface area contributed by atoms with Gasteiger partial charge < -0.3 is 14.2 Å². The number of nitrogens with zero attached hydrogens (tertiary/aromatic N) is 3. The number of esters is 1. The van der Waals surface area contributed by atoms with Gasteiger partial charge in [-0.3, -0.25) is 9.59 Å². The van der Waals surface area contributed by atoms with E-state index < -0.39 is 17.7 Å². The van der Waals surface area contributed by atoms with Crippen molar-refractivity contribution >= 4 is 28.6 Å². The predicted molar refractivity (Wildman–Crippen MR) is 108 cm³/mol. The molecule has 0 radical (unpaired) electrons. The normalized spacial score (nSPS) is 16.8. The Morgan fingerprint density at radius 3 is 2.71 bits per heavy atom. The van der Waals surface area contributed by atoms with Gasteiger partial charge in [-0.05, 0) is 37.3 Å². The zero-order chi connectivity index (χ0) is 22.2. The van der Waals surface area contributed by atoms with E-state index in [-0.39, 0.29) is 43.6 Å². The smallest absolute Gasteiger partial charge is 0.416 e. The fraction of sp³-hybridized carbons (Fsp3) is 0.318. The average Bonchev–Trinajstić information content (AvgIpc) is 3.28. The molecule has 9 heteroatoms. The Hall–Kier alpha value is -3.36. The Kier molecular flexibility index (Phi) is 5.43. The molecule has 2 aromatic carbocycles. The van der Waals surface area contributed by atoms with Crippen molar-refractivity contribution < 1.29 is 27.5 Å². The Morgan fingerprint density at radius 1 is 1.19 bits per heavy atom. The zero-order valence-electron chi connectivity index (χ0n) is 16.7. The number of halogens is 3. The van der Waals surface area contributed by atoms with Crippen LogP contribution < -0.4 is 4.90 Å². The molecule has 1 amide bonds. The quantitative estimate of drug-likeness (QED) is 0.570. The molecule has 31 heavy (non-hydrogen) atoms. The number of hydrogen-bond acceptors (Lipinski definition) is 4. The third kappa shape index (κ3) is 4.12. The highest BCUT2D eigenvalue weighted by molar-refractivity contribution is 5.96. The number of ether oxygens (including phenoxy) is 1. The molecule has 1 fully saturated rings. The minimum atomic E-state index is -4.49. The third-order valence-electron chi connectivity index (χ3n) is 5.25. The predicted octanol–water partition coefficient (Wildman–Crippen LogP) is 4.14. The fourth-order valence-electron chi connectivity index (χ4n) is 3.89. The van der Waals surface area contributed by atoms with Gasteiger partial charge in [0.15, 0.2) is 0 Å². The van der Waals surface area contributed by atoms with E-state index in [4.69, 9.17) is 4.74 Å². The Bertz CT molecular complexity index is 1140. The molecule has 0 unspecified atom stereocenters. The molecule has 1 saturated heterocycles. The molecule has 6 nitrogen and oxygen atoms in total. The van der Waals surface area contributed by atoms with Crippen molar-refractivity contribution in [2.75, 3.05) is 18.1 Å². The minimum Gasteiger partial charge on any atom is -0.465 e. The molecule has 0 saturated carbocycles. The number of carbonyl (C=O) groups is 2. The molecule has 4 rings (SSSR count). The highest BCUT2D eigenvalue weighted by Gasteiger charge is 2.37. The summed E-state index contributed by atoms with van der Waals surface area (Å²) in [6.45, 7) is 2.07. The van der Waals surface area contributed by atoms with Crippen LogP contribution in [0.4, 0.5) is 18.9 Å². The summed E-state index contributed by atoms with van der Waals surface area (Å²) in [6, 6.07) is 12.0. The second kappa shape index (κ2) is 8.05. The lowest BCUT2D eigenvalue weighted by Crippen LogP contribution is -2.25. The van der Waals surface area contributed by atoms with E-state index in [1.165, 1.54) is 17.0 Å². The van der Waals surface area contributed by atoms with Crippen molar-refractivity contribution in [3.63, 3.8) is 0 Å². The van der Waals surface area contributed by atoms with Crippen LogP contribution in [0.1, 0.15) is 30.7 Å². The first-order valence-corrected chi connectivity index (χ1v) is 9.86. The van der Waals surface area contributed by atoms with Crippen molar-refractivity contribution in [3.8, 4) is 0 Å². The number of anilines is 1. The van der Waals surface area contributed by atoms with E-state index in [0.29, 0.717) is 11.3 Å². The van der Waals surface area contributed by atoms with Gasteiger partial charge in [-0.25, -0.2) is 4.98 Å². The van der Waals surface area contributed by atoms with Gasteiger partial charge in [0.2, 0.25) is 5.91 Å². The number of aromatic nitrogens is 2. The molecule has 2 heterocycles. The lowest BCUT2D eigenvalue weighted by Gasteiger charge is -2.18. The van der Waals surface area contributed by atoms with E-state index >= 15 is 0 Å². The summed E-state index contributed by atoms with van der Waals surface area (Å²) in [5.74, 6) is -0.550. The lowest BCUT2D eigenvalue weighted by atomic mass is 10.1. The topological polar surface area (TPSA) is 64.4 Å². The molecule has 3 aromatic rings. The number of rotatable bonds is 5. The summed E-state index contributed by atoms with van der Waals surface area (Å²) < 4.78 is 46.1. The summed E-state index contributed by atoms with van der Waals surface area (Å²) in [4.78, 5) is 30.8. The van der Waals surface area contributed by atoms with E-state index in [0.717, 1.165) is 17.6 Å². The number of amides is 1. The number of imidazole rings is 1. The number of para-hydroxylation sites is 2. The number of carbonyl (C=O) groups excluding carboxylic acids is 2. The molecule has 1 aliphatic heterocycles. The number of hydrogen-bond donors (Lipinski definition) is 0. The van der Waals surface area contributed by atoms with E-state index in [2.05, 4.69) is 4.98 Å². The molecule has 0 bridgehead atoms. The van der Waals surface area contributed by atoms with Gasteiger partial charge in [0.1, 0.15) is 12.4 Å². The Labute approximate surface area is 176 Å². The first kappa shape index (κ1) is 20.9. The van der Waals surface area contributed by atoms with Gasteiger partial charge in [-0.1, -0.05) is 18.2 Å². The van der Waals surface area contributed by atoms with Crippen molar-refractivity contribution in [2.45, 2.75) is 32.0 Å². The molecule has 1 atom stereocenters. The summed E-state index contributed by atoms with van der Waals surface area (Å²) in [5.41, 5.74) is 0.786. The van der Waals surface area contributed by atoms with Gasteiger partial charge >= 0.3 is 12.1 Å². The summed E-state index contributed by atoms with van der Waals surface area (Å²) in [6.07, 6.45) is -4.41. The monoisotopic (exact) mass is 431 g/mol. The van der Waals surface area contributed by atoms with Crippen LogP contribution >= 0.6 is 0 Å². The molecule has 162 valence electrons. The highest BCUT2D eigenvalue weighted by Crippen LogP contribution is 2.36. The van der Waals surface area contributed by atoms with Gasteiger partial charge in [-0.15, -0.1) is 0 Å². The van der Waals surface area contributed by atoms with Crippen LogP contribution in [0.2, 0.25) is 0 Å². The molecule has 0 aliphatic carbocycles. The number of fused-ring (bicyclic) bond motifs is 1. The van der Waals surface area contributed by atoms with Crippen LogP contribution in [0.15, 0.2) is 48.5 Å². The van der Waals surface area contributed by atoms with Crippen molar-refractivity contribution in [3.05, 3.63) is 59.9 Å². The van der Waals surface area contributed by atoms with Crippen LogP contribution in [0.3, 0.4) is 0 Å². The number of alkyl halides is 3. The Morgan fingerprint density at radius 2 is 1.97 bits per heavy atom. The van der Waals surface area contributed by atoms with E-state index in [1.54, 1.807) is 11.5 Å². The lowest BCUT2D eigenvalue weighted by molar-refractivity contribution is -0.143. The van der Waals surface area contributed by atoms with E-state index in [9.17, 15) is 22.8 Å². The van der Waals surface area contributed by atoms with Crippen molar-refractivity contribution in [1.29, 1.82) is 0 Å². The van der Waals surface area contributed by atoms with Crippen LogP contribution in [0.5, 0.6) is 0 Å². The average molecular weight is 431 g/mol. The largest absolute Gasteiger partial charge is 0.465 e. The first-order chi connectivity index (χ1) is 14.8. The summed E-state index contributed by atoms with van der Waals surface area (Å²) >= 11 is 0. The van der Waals surface area contributed by atoms with Crippen molar-refractivity contribution in [2.24, 2.45) is 0 Å². The van der Waals surface area contributed by atoms with Crippen LogP contribution in [-0.4, -0.2) is 34.6 Å². The summed E-state index contributed by atoms with van der Waals surface area (Å²) in [5, 5.41) is 0. The van der Waals surface area contributed by atoms with Crippen LogP contribution in [-0.2, 0) is 27.0 Å². The third-order valence-corrected chi connectivity index (χ3v) is 5.25. The standard InChI is InChI=1S/C22H20F3N3O3/c1-2-31-20(30)13-28-18-9-4-3-8-17(18)26-21(28)14-10-19(29)27(12-14)16-7-5-6-15(11-16)22(23,24)25/h3-9,11,14H,2,10,12-13H2,1H3/t14-/m0/s1. The van der Waals surface area contributed by atoms with Crippen LogP contribution in [0.25, 0.3) is 11.0 Å². The SMILES string of the molecule is CCOC(=O)Cn1c([C@H]2CC(=O)N(c3cccc(C(F)(F)F)c3)C2)nc2ccccc21. The summed E-state index contributed by atoms with van der Waals surface area (Å²) in [7, 11) is 0. The van der Waals surface area contributed by atoms with Gasteiger partial charge in [-0.2, -0.15) is 13.2 Å². The molecule has 0 N–H and O–H groups in total. The molecular weight excluding hydrogens is 411 g/mol. The highest BCUT2D eigenvalue weighted by atomic mass is 19.4. The fourth-order valence-corrected chi connectivity index (χ4v) is 3.89.